The standard InChI is InChI=1S/C12H11FN4S/c1-8-15-16-12(17(8)2)18-7-10-4-3-9(6-14)5-11(10)13/h3-5H,7H2,1-2H3. The van der Waals surface area contributed by atoms with Crippen LogP contribution in [0.3, 0.4) is 0 Å². The Kier molecular flexibility index (Phi) is 3.63. The molecule has 0 N–H and O–H groups in total. The molecule has 1 aromatic heterocycles. The van der Waals surface area contributed by atoms with Crippen LogP contribution in [0, 0.1) is 24.1 Å². The number of nitrogens with zero attached hydrogens (tertiary/aromatic N) is 4. The first-order valence-electron chi connectivity index (χ1n) is 5.29. The van der Waals surface area contributed by atoms with Crippen LogP contribution in [0.15, 0.2) is 23.4 Å². The molecule has 0 fully saturated rings. The van der Waals surface area contributed by atoms with Crippen LogP contribution >= 0.6 is 11.8 Å². The fraction of sp³-hybridized carbons (Fsp3) is 0.250. The van der Waals surface area contributed by atoms with Gasteiger partial charge in [0.15, 0.2) is 5.16 Å². The summed E-state index contributed by atoms with van der Waals surface area (Å²) in [5.41, 5.74) is 0.885. The van der Waals surface area contributed by atoms with Gasteiger partial charge in [0.05, 0.1) is 11.6 Å². The van der Waals surface area contributed by atoms with Gasteiger partial charge >= 0.3 is 0 Å². The number of rotatable bonds is 3. The van der Waals surface area contributed by atoms with Crippen LogP contribution in [0.2, 0.25) is 0 Å². The van der Waals surface area contributed by atoms with Gasteiger partial charge in [-0.2, -0.15) is 5.26 Å². The molecule has 0 unspecified atom stereocenters. The molecule has 0 saturated carbocycles. The minimum Gasteiger partial charge on any atom is -0.309 e. The molecule has 0 spiro atoms. The number of hydrogen-bond acceptors (Lipinski definition) is 4. The molecular weight excluding hydrogens is 251 g/mol. The normalized spacial score (nSPS) is 10.3. The van der Waals surface area contributed by atoms with Crippen molar-refractivity contribution in [3.05, 3.63) is 41.0 Å². The van der Waals surface area contributed by atoms with Gasteiger partial charge in [-0.15, -0.1) is 10.2 Å². The molecule has 18 heavy (non-hydrogen) atoms. The molecule has 1 aromatic carbocycles. The SMILES string of the molecule is Cc1nnc(SCc2ccc(C#N)cc2F)n1C. The summed E-state index contributed by atoms with van der Waals surface area (Å²) < 4.78 is 15.5. The van der Waals surface area contributed by atoms with Crippen molar-refractivity contribution in [3.63, 3.8) is 0 Å². The molecule has 0 aliphatic carbocycles. The summed E-state index contributed by atoms with van der Waals surface area (Å²) in [7, 11) is 1.87. The van der Waals surface area contributed by atoms with Crippen LogP contribution in [0.1, 0.15) is 17.0 Å². The van der Waals surface area contributed by atoms with Crippen molar-refractivity contribution in [2.45, 2.75) is 17.8 Å². The Labute approximate surface area is 108 Å². The van der Waals surface area contributed by atoms with E-state index in [-0.39, 0.29) is 5.82 Å². The van der Waals surface area contributed by atoms with E-state index in [0.717, 1.165) is 11.0 Å². The Morgan fingerprint density at radius 1 is 1.44 bits per heavy atom. The fourth-order valence-electron chi connectivity index (χ4n) is 1.39. The van der Waals surface area contributed by atoms with Crippen LogP contribution in [0.4, 0.5) is 4.39 Å². The summed E-state index contributed by atoms with van der Waals surface area (Å²) >= 11 is 1.42. The second-order valence-electron chi connectivity index (χ2n) is 3.80. The first-order valence-corrected chi connectivity index (χ1v) is 6.27. The lowest BCUT2D eigenvalue weighted by Crippen LogP contribution is -1.95. The topological polar surface area (TPSA) is 54.5 Å². The van der Waals surface area contributed by atoms with Crippen molar-refractivity contribution in [1.82, 2.24) is 14.8 Å². The van der Waals surface area contributed by atoms with Crippen molar-refractivity contribution >= 4 is 11.8 Å². The molecule has 0 amide bonds. The minimum atomic E-state index is -0.361. The highest BCUT2D eigenvalue weighted by atomic mass is 32.2. The van der Waals surface area contributed by atoms with Gasteiger partial charge in [-0.1, -0.05) is 17.8 Å². The average Bonchev–Trinajstić information content (AvgIpc) is 2.68. The van der Waals surface area contributed by atoms with Crippen molar-refractivity contribution in [2.24, 2.45) is 7.05 Å². The van der Waals surface area contributed by atoms with E-state index in [1.165, 1.54) is 17.8 Å². The van der Waals surface area contributed by atoms with E-state index in [1.54, 1.807) is 12.1 Å². The summed E-state index contributed by atoms with van der Waals surface area (Å²) in [5.74, 6) is 0.919. The van der Waals surface area contributed by atoms with Crippen LogP contribution in [0.5, 0.6) is 0 Å². The molecule has 0 atom stereocenters. The second kappa shape index (κ2) is 5.19. The monoisotopic (exact) mass is 262 g/mol. The summed E-state index contributed by atoms with van der Waals surface area (Å²) in [6.45, 7) is 1.86. The first-order chi connectivity index (χ1) is 8.61. The van der Waals surface area contributed by atoms with Gasteiger partial charge in [-0.05, 0) is 24.6 Å². The third-order valence-corrected chi connectivity index (χ3v) is 3.66. The Morgan fingerprint density at radius 3 is 2.78 bits per heavy atom. The van der Waals surface area contributed by atoms with Crippen LogP contribution < -0.4 is 0 Å². The number of aryl methyl sites for hydroxylation is 1. The van der Waals surface area contributed by atoms with Crippen LogP contribution in [-0.2, 0) is 12.8 Å². The Balaban J connectivity index is 2.11. The first kappa shape index (κ1) is 12.6. The van der Waals surface area contributed by atoms with Crippen molar-refractivity contribution in [3.8, 4) is 6.07 Å². The van der Waals surface area contributed by atoms with Gasteiger partial charge in [0.2, 0.25) is 0 Å². The lowest BCUT2D eigenvalue weighted by Gasteiger charge is -2.03. The number of nitriles is 1. The van der Waals surface area contributed by atoms with Crippen molar-refractivity contribution in [2.75, 3.05) is 0 Å². The number of aromatic nitrogens is 3. The van der Waals surface area contributed by atoms with Crippen LogP contribution in [0.25, 0.3) is 0 Å². The van der Waals surface area contributed by atoms with E-state index in [2.05, 4.69) is 10.2 Å². The molecule has 92 valence electrons. The highest BCUT2D eigenvalue weighted by molar-refractivity contribution is 7.98. The zero-order valence-electron chi connectivity index (χ0n) is 10.0. The number of benzene rings is 1. The zero-order chi connectivity index (χ0) is 13.1. The highest BCUT2D eigenvalue weighted by Gasteiger charge is 2.08. The summed E-state index contributed by atoms with van der Waals surface area (Å²) in [6, 6.07) is 6.40. The van der Waals surface area contributed by atoms with Gasteiger partial charge in [0.1, 0.15) is 11.6 Å². The van der Waals surface area contributed by atoms with E-state index >= 15 is 0 Å². The third kappa shape index (κ3) is 2.51. The molecule has 0 bridgehead atoms. The minimum absolute atomic E-state index is 0.329. The average molecular weight is 262 g/mol. The molecule has 4 nitrogen and oxygen atoms in total. The molecule has 0 radical (unpaired) electrons. The largest absolute Gasteiger partial charge is 0.309 e. The van der Waals surface area contributed by atoms with Crippen molar-refractivity contribution in [1.29, 1.82) is 5.26 Å². The molecule has 2 aromatic rings. The van der Waals surface area contributed by atoms with Crippen LogP contribution in [-0.4, -0.2) is 14.8 Å². The highest BCUT2D eigenvalue weighted by Crippen LogP contribution is 2.22. The smallest absolute Gasteiger partial charge is 0.191 e. The van der Waals surface area contributed by atoms with Gasteiger partial charge in [0.25, 0.3) is 0 Å². The summed E-state index contributed by atoms with van der Waals surface area (Å²) in [5, 5.41) is 17.3. The molecule has 1 heterocycles. The molecule has 0 aliphatic heterocycles. The van der Waals surface area contributed by atoms with Gasteiger partial charge in [-0.25, -0.2) is 4.39 Å². The van der Waals surface area contributed by atoms with E-state index < -0.39 is 0 Å². The Hall–Kier alpha value is -1.87. The quantitative estimate of drug-likeness (QED) is 0.797. The summed E-state index contributed by atoms with van der Waals surface area (Å²) in [4.78, 5) is 0. The predicted octanol–water partition coefficient (Wildman–Crippen LogP) is 2.43. The zero-order valence-corrected chi connectivity index (χ0v) is 10.8. The van der Waals surface area contributed by atoms with Gasteiger partial charge in [0, 0.05) is 12.8 Å². The fourth-order valence-corrected chi connectivity index (χ4v) is 2.33. The lowest BCUT2D eigenvalue weighted by atomic mass is 10.1. The van der Waals surface area contributed by atoms with Gasteiger partial charge < -0.3 is 4.57 Å². The maximum atomic E-state index is 13.6. The number of halogens is 1. The number of hydrogen-bond donors (Lipinski definition) is 0. The Morgan fingerprint density at radius 2 is 2.22 bits per heavy atom. The third-order valence-electron chi connectivity index (χ3n) is 2.59. The summed E-state index contributed by atoms with van der Waals surface area (Å²) in [6.07, 6.45) is 0. The van der Waals surface area contributed by atoms with E-state index in [4.69, 9.17) is 5.26 Å². The number of thioether (sulfide) groups is 1. The molecule has 2 rings (SSSR count). The molecule has 0 aliphatic rings. The second-order valence-corrected chi connectivity index (χ2v) is 4.74. The van der Waals surface area contributed by atoms with E-state index in [1.807, 2.05) is 24.6 Å². The maximum Gasteiger partial charge on any atom is 0.191 e. The Bertz CT molecular complexity index is 615. The van der Waals surface area contributed by atoms with E-state index in [0.29, 0.717) is 16.9 Å². The molecule has 6 heteroatoms. The van der Waals surface area contributed by atoms with E-state index in [9.17, 15) is 4.39 Å². The van der Waals surface area contributed by atoms with Crippen molar-refractivity contribution < 1.29 is 4.39 Å². The molecule has 0 saturated heterocycles. The molecular formula is C12H11FN4S. The maximum absolute atomic E-state index is 13.6. The van der Waals surface area contributed by atoms with Gasteiger partial charge in [-0.3, -0.25) is 0 Å². The lowest BCUT2D eigenvalue weighted by molar-refractivity contribution is 0.616. The predicted molar refractivity (Wildman–Crippen MR) is 66.4 cm³/mol.